The van der Waals surface area contributed by atoms with Gasteiger partial charge in [0.1, 0.15) is 34.9 Å². The van der Waals surface area contributed by atoms with Crippen LogP contribution in [0.4, 0.5) is 4.39 Å². The Balaban J connectivity index is 1.90. The van der Waals surface area contributed by atoms with Crippen molar-refractivity contribution < 1.29 is 28.2 Å². The van der Waals surface area contributed by atoms with Crippen LogP contribution in [0.15, 0.2) is 58.5 Å². The molecule has 33 heavy (non-hydrogen) atoms. The molecule has 1 aliphatic rings. The Kier molecular flexibility index (Phi) is 6.19. The third-order valence-corrected chi connectivity index (χ3v) is 5.80. The molecule has 1 aromatic heterocycles. The fourth-order valence-corrected chi connectivity index (χ4v) is 4.39. The zero-order valence-electron chi connectivity index (χ0n) is 17.6. The molecule has 0 spiro atoms. The minimum atomic E-state index is -1.04. The highest BCUT2D eigenvalue weighted by atomic mass is 35.5. The molecule has 1 atom stereocenters. The molecule has 9 heteroatoms. The van der Waals surface area contributed by atoms with Crippen molar-refractivity contribution in [3.63, 3.8) is 0 Å². The van der Waals surface area contributed by atoms with E-state index in [1.807, 2.05) is 0 Å². The van der Waals surface area contributed by atoms with Crippen LogP contribution in [0, 0.1) is 12.7 Å². The number of ether oxygens (including phenoxy) is 1. The Morgan fingerprint density at radius 2 is 1.85 bits per heavy atom. The molecule has 1 amide bonds. The second-order valence-electron chi connectivity index (χ2n) is 7.47. The van der Waals surface area contributed by atoms with E-state index in [1.165, 1.54) is 48.4 Å². The van der Waals surface area contributed by atoms with Crippen LogP contribution >= 0.6 is 23.2 Å². The number of ketones is 1. The van der Waals surface area contributed by atoms with Crippen LogP contribution in [0.3, 0.4) is 0 Å². The first-order chi connectivity index (χ1) is 15.7. The number of hydrogen-bond donors (Lipinski definition) is 1. The van der Waals surface area contributed by atoms with Crippen LogP contribution in [0.1, 0.15) is 28.7 Å². The van der Waals surface area contributed by atoms with E-state index >= 15 is 0 Å². The Hall–Kier alpha value is -3.29. The SMILES string of the molecule is COc1c(Cl)cc(Cl)cc1/C(O)=C1\C(=O)C(=O)N(Cc2ccc(F)cc2)C1c1ccc(C)o1. The highest BCUT2D eigenvalue weighted by Crippen LogP contribution is 2.44. The van der Waals surface area contributed by atoms with Gasteiger partial charge in [-0.3, -0.25) is 9.59 Å². The number of benzene rings is 2. The van der Waals surface area contributed by atoms with Crippen LogP contribution in [0.5, 0.6) is 5.75 Å². The number of furan rings is 1. The van der Waals surface area contributed by atoms with E-state index in [1.54, 1.807) is 19.1 Å². The third-order valence-electron chi connectivity index (χ3n) is 5.30. The third kappa shape index (κ3) is 4.21. The molecule has 2 aromatic carbocycles. The monoisotopic (exact) mass is 489 g/mol. The lowest BCUT2D eigenvalue weighted by atomic mass is 9.98. The molecular weight excluding hydrogens is 472 g/mol. The lowest BCUT2D eigenvalue weighted by Crippen LogP contribution is -2.29. The summed E-state index contributed by atoms with van der Waals surface area (Å²) < 4.78 is 24.4. The quantitative estimate of drug-likeness (QED) is 0.284. The van der Waals surface area contributed by atoms with Gasteiger partial charge in [0.25, 0.3) is 11.7 Å². The highest BCUT2D eigenvalue weighted by Gasteiger charge is 2.47. The Morgan fingerprint density at radius 3 is 2.45 bits per heavy atom. The van der Waals surface area contributed by atoms with E-state index in [0.29, 0.717) is 11.3 Å². The first-order valence-corrected chi connectivity index (χ1v) is 10.6. The van der Waals surface area contributed by atoms with Gasteiger partial charge in [0, 0.05) is 11.6 Å². The number of likely N-dealkylation sites (tertiary alicyclic amines) is 1. The van der Waals surface area contributed by atoms with Gasteiger partial charge in [-0.25, -0.2) is 4.39 Å². The molecule has 2 heterocycles. The predicted octanol–water partition coefficient (Wildman–Crippen LogP) is 5.66. The number of rotatable bonds is 5. The maximum absolute atomic E-state index is 13.4. The number of halogens is 3. The largest absolute Gasteiger partial charge is 0.507 e. The van der Waals surface area contributed by atoms with Gasteiger partial charge in [-0.1, -0.05) is 35.3 Å². The van der Waals surface area contributed by atoms with Crippen molar-refractivity contribution in [1.29, 1.82) is 0 Å². The molecule has 1 N–H and O–H groups in total. The fraction of sp³-hybridized carbons (Fsp3) is 0.167. The van der Waals surface area contributed by atoms with Crippen LogP contribution < -0.4 is 4.74 Å². The van der Waals surface area contributed by atoms with Gasteiger partial charge in [-0.15, -0.1) is 0 Å². The zero-order chi connectivity index (χ0) is 23.9. The molecule has 170 valence electrons. The number of Topliss-reactive ketones (excluding diaryl/α,β-unsaturated/α-hetero) is 1. The summed E-state index contributed by atoms with van der Waals surface area (Å²) in [7, 11) is 1.35. The summed E-state index contributed by atoms with van der Waals surface area (Å²) in [4.78, 5) is 27.4. The van der Waals surface area contributed by atoms with Crippen LogP contribution in [-0.4, -0.2) is 28.8 Å². The smallest absolute Gasteiger partial charge is 0.296 e. The second-order valence-corrected chi connectivity index (χ2v) is 8.31. The molecule has 0 bridgehead atoms. The molecule has 1 saturated heterocycles. The van der Waals surface area contributed by atoms with Gasteiger partial charge < -0.3 is 19.2 Å². The number of methoxy groups -OCH3 is 1. The highest BCUT2D eigenvalue weighted by molar-refractivity contribution is 6.46. The molecule has 3 aromatic rings. The van der Waals surface area contributed by atoms with E-state index < -0.39 is 29.3 Å². The van der Waals surface area contributed by atoms with Crippen molar-refractivity contribution in [2.24, 2.45) is 0 Å². The molecular formula is C24H18Cl2FNO5. The van der Waals surface area contributed by atoms with E-state index in [9.17, 15) is 19.1 Å². The molecule has 4 rings (SSSR count). The minimum Gasteiger partial charge on any atom is -0.507 e. The van der Waals surface area contributed by atoms with Crippen molar-refractivity contribution in [2.45, 2.75) is 19.5 Å². The van der Waals surface area contributed by atoms with Gasteiger partial charge in [0.15, 0.2) is 0 Å². The summed E-state index contributed by atoms with van der Waals surface area (Å²) in [5.74, 6) is -1.75. The average Bonchev–Trinajstić information content (AvgIpc) is 3.30. The minimum absolute atomic E-state index is 0.0144. The van der Waals surface area contributed by atoms with Crippen LogP contribution in [0.2, 0.25) is 10.0 Å². The van der Waals surface area contributed by atoms with Gasteiger partial charge in [0.05, 0.1) is 23.3 Å². The summed E-state index contributed by atoms with van der Waals surface area (Å²) in [6, 6.07) is 10.6. The Bertz CT molecular complexity index is 1280. The van der Waals surface area contributed by atoms with Gasteiger partial charge >= 0.3 is 0 Å². The number of aryl methyl sites for hydroxylation is 1. The average molecular weight is 490 g/mol. The van der Waals surface area contributed by atoms with E-state index in [2.05, 4.69) is 0 Å². The predicted molar refractivity (Wildman–Crippen MR) is 121 cm³/mol. The normalized spacial score (nSPS) is 17.6. The fourth-order valence-electron chi connectivity index (χ4n) is 3.81. The van der Waals surface area contributed by atoms with E-state index in [-0.39, 0.29) is 39.2 Å². The van der Waals surface area contributed by atoms with Gasteiger partial charge in [-0.05, 0) is 48.9 Å². The van der Waals surface area contributed by atoms with Gasteiger partial charge in [0.2, 0.25) is 0 Å². The number of aliphatic hydroxyl groups is 1. The lowest BCUT2D eigenvalue weighted by Gasteiger charge is -2.23. The molecule has 0 aliphatic carbocycles. The number of amides is 1. The first-order valence-electron chi connectivity index (χ1n) is 9.84. The number of hydrogen-bond acceptors (Lipinski definition) is 5. The summed E-state index contributed by atoms with van der Waals surface area (Å²) >= 11 is 12.3. The Labute approximate surface area is 198 Å². The lowest BCUT2D eigenvalue weighted by molar-refractivity contribution is -0.140. The maximum atomic E-state index is 13.4. The maximum Gasteiger partial charge on any atom is 0.296 e. The number of carbonyl (C=O) groups is 2. The van der Waals surface area contributed by atoms with E-state index in [0.717, 1.165) is 0 Å². The van der Waals surface area contributed by atoms with E-state index in [4.69, 9.17) is 32.4 Å². The molecule has 0 saturated carbocycles. The van der Waals surface area contributed by atoms with Crippen molar-refractivity contribution in [3.05, 3.63) is 92.6 Å². The van der Waals surface area contributed by atoms with Crippen molar-refractivity contribution in [2.75, 3.05) is 7.11 Å². The number of nitrogens with zero attached hydrogens (tertiary/aromatic N) is 1. The van der Waals surface area contributed by atoms with Crippen LogP contribution in [0.25, 0.3) is 5.76 Å². The number of aliphatic hydroxyl groups excluding tert-OH is 1. The summed E-state index contributed by atoms with van der Waals surface area (Å²) in [5.41, 5.74) is 0.450. The number of carbonyl (C=O) groups excluding carboxylic acids is 2. The molecule has 6 nitrogen and oxygen atoms in total. The Morgan fingerprint density at radius 1 is 1.15 bits per heavy atom. The summed E-state index contributed by atoms with van der Waals surface area (Å²) in [6.45, 7) is 1.70. The van der Waals surface area contributed by atoms with Crippen molar-refractivity contribution in [3.8, 4) is 5.75 Å². The standard InChI is InChI=1S/C24H18Cl2FNO5/c1-12-3-8-18(33-12)20-19(21(29)16-9-14(25)10-17(26)23(16)32-2)22(30)24(31)28(20)11-13-4-6-15(27)7-5-13/h3-10,20,29H,11H2,1-2H3/b21-19+. The van der Waals surface area contributed by atoms with Crippen molar-refractivity contribution in [1.82, 2.24) is 4.90 Å². The summed E-state index contributed by atoms with van der Waals surface area (Å²) in [6.07, 6.45) is 0. The second kappa shape index (κ2) is 8.92. The zero-order valence-corrected chi connectivity index (χ0v) is 19.1. The van der Waals surface area contributed by atoms with Gasteiger partial charge in [-0.2, -0.15) is 0 Å². The van der Waals surface area contributed by atoms with Crippen molar-refractivity contribution >= 4 is 40.7 Å². The molecule has 1 fully saturated rings. The molecule has 1 unspecified atom stereocenters. The topological polar surface area (TPSA) is 80.0 Å². The molecule has 1 aliphatic heterocycles. The summed E-state index contributed by atoms with van der Waals surface area (Å²) in [5, 5.41) is 11.5. The first kappa shape index (κ1) is 22.9. The van der Waals surface area contributed by atoms with Crippen LogP contribution in [-0.2, 0) is 16.1 Å². The molecule has 0 radical (unpaired) electrons.